The van der Waals surface area contributed by atoms with E-state index in [9.17, 15) is 22.0 Å². The van der Waals surface area contributed by atoms with Gasteiger partial charge >= 0.3 is 0 Å². The Kier molecular flexibility index (Phi) is 7.06. The second-order valence-corrected chi connectivity index (χ2v) is 9.11. The van der Waals surface area contributed by atoms with Crippen LogP contribution in [0.3, 0.4) is 0 Å². The lowest BCUT2D eigenvalue weighted by Crippen LogP contribution is -2.31. The van der Waals surface area contributed by atoms with Gasteiger partial charge < -0.3 is 5.32 Å². The number of hydrogen-bond donors (Lipinski definition) is 1. The molecule has 0 aliphatic carbocycles. The van der Waals surface area contributed by atoms with Crippen LogP contribution in [0.4, 0.5) is 14.5 Å². The van der Waals surface area contributed by atoms with Crippen molar-refractivity contribution >= 4 is 21.6 Å². The van der Waals surface area contributed by atoms with Crippen LogP contribution in [0.15, 0.2) is 65.6 Å². The summed E-state index contributed by atoms with van der Waals surface area (Å²) in [6, 6.07) is 14.6. The topological polar surface area (TPSA) is 66.5 Å². The van der Waals surface area contributed by atoms with E-state index in [1.165, 1.54) is 22.5 Å². The van der Waals surface area contributed by atoms with Crippen molar-refractivity contribution in [3.05, 3.63) is 83.4 Å². The molecule has 0 saturated heterocycles. The minimum atomic E-state index is -3.80. The van der Waals surface area contributed by atoms with Gasteiger partial charge in [-0.3, -0.25) is 4.79 Å². The molecule has 0 aliphatic rings. The number of halogens is 2. The third-order valence-electron chi connectivity index (χ3n) is 5.15. The molecule has 1 N–H and O–H groups in total. The molecule has 8 heteroatoms. The van der Waals surface area contributed by atoms with Gasteiger partial charge in [-0.25, -0.2) is 17.2 Å². The predicted octanol–water partition coefficient (Wildman–Crippen LogP) is 5.22. The van der Waals surface area contributed by atoms with Crippen LogP contribution in [-0.4, -0.2) is 31.7 Å². The van der Waals surface area contributed by atoms with E-state index in [0.717, 1.165) is 6.07 Å². The minimum absolute atomic E-state index is 0.0108. The highest BCUT2D eigenvalue weighted by molar-refractivity contribution is 7.89. The molecule has 1 amide bonds. The Morgan fingerprint density at radius 3 is 2.25 bits per heavy atom. The number of amides is 1. The normalized spacial score (nSPS) is 11.6. The SMILES string of the molecule is CCN(CC)S(=O)(=O)c1cc(C(=O)Nc2c(F)cc(F)cc2-c2ccccc2)ccc1C. The van der Waals surface area contributed by atoms with Crippen molar-refractivity contribution in [3.63, 3.8) is 0 Å². The van der Waals surface area contributed by atoms with E-state index < -0.39 is 27.6 Å². The molecule has 0 aromatic heterocycles. The number of carbonyl (C=O) groups excluding carboxylic acids is 1. The molecule has 3 rings (SSSR count). The van der Waals surface area contributed by atoms with Crippen LogP contribution in [0, 0.1) is 18.6 Å². The fraction of sp³-hybridized carbons (Fsp3) is 0.208. The highest BCUT2D eigenvalue weighted by Crippen LogP contribution is 2.32. The van der Waals surface area contributed by atoms with E-state index in [0.29, 0.717) is 17.2 Å². The Balaban J connectivity index is 2.03. The maximum absolute atomic E-state index is 14.6. The quantitative estimate of drug-likeness (QED) is 0.528. The average molecular weight is 459 g/mol. The maximum Gasteiger partial charge on any atom is 0.255 e. The molecule has 0 unspecified atom stereocenters. The standard InChI is InChI=1S/C24H24F2N2O3S/c1-4-28(5-2)32(30,31)22-13-18(12-11-16(22)3)24(29)27-23-20(14-19(25)15-21(23)26)17-9-7-6-8-10-17/h6-15H,4-5H2,1-3H3,(H,27,29). The van der Waals surface area contributed by atoms with E-state index in [-0.39, 0.29) is 34.8 Å². The number of nitrogens with zero attached hydrogens (tertiary/aromatic N) is 1. The fourth-order valence-corrected chi connectivity index (χ4v) is 5.16. The van der Waals surface area contributed by atoms with Gasteiger partial charge in [-0.2, -0.15) is 4.31 Å². The van der Waals surface area contributed by atoms with Gasteiger partial charge in [-0.15, -0.1) is 0 Å². The van der Waals surface area contributed by atoms with Gasteiger partial charge in [0.25, 0.3) is 5.91 Å². The van der Waals surface area contributed by atoms with Crippen molar-refractivity contribution in [1.29, 1.82) is 0 Å². The second kappa shape index (κ2) is 9.58. The molecule has 0 atom stereocenters. The zero-order valence-electron chi connectivity index (χ0n) is 18.0. The molecule has 0 saturated carbocycles. The Morgan fingerprint density at radius 2 is 1.62 bits per heavy atom. The first kappa shape index (κ1) is 23.6. The van der Waals surface area contributed by atoms with Gasteiger partial charge in [0, 0.05) is 30.3 Å². The first-order valence-corrected chi connectivity index (χ1v) is 11.6. The molecule has 3 aromatic carbocycles. The summed E-state index contributed by atoms with van der Waals surface area (Å²) in [5, 5.41) is 2.49. The van der Waals surface area contributed by atoms with Gasteiger partial charge in [0.05, 0.1) is 10.6 Å². The van der Waals surface area contributed by atoms with E-state index in [1.54, 1.807) is 51.1 Å². The Labute approximate surface area is 186 Å². The lowest BCUT2D eigenvalue weighted by Gasteiger charge is -2.20. The van der Waals surface area contributed by atoms with Gasteiger partial charge in [-0.05, 0) is 36.2 Å². The number of aryl methyl sites for hydroxylation is 1. The van der Waals surface area contributed by atoms with Gasteiger partial charge in [0.15, 0.2) is 0 Å². The third-order valence-corrected chi connectivity index (χ3v) is 7.34. The molecule has 5 nitrogen and oxygen atoms in total. The molecule has 168 valence electrons. The van der Waals surface area contributed by atoms with Crippen LogP contribution in [0.1, 0.15) is 29.8 Å². The number of rotatable bonds is 7. The molecule has 0 spiro atoms. The molecule has 0 radical (unpaired) electrons. The second-order valence-electron chi connectivity index (χ2n) is 7.20. The van der Waals surface area contributed by atoms with Crippen LogP contribution in [0.25, 0.3) is 11.1 Å². The van der Waals surface area contributed by atoms with E-state index in [4.69, 9.17) is 0 Å². The summed E-state index contributed by atoms with van der Waals surface area (Å²) in [4.78, 5) is 13.0. The lowest BCUT2D eigenvalue weighted by molar-refractivity contribution is 0.102. The van der Waals surface area contributed by atoms with Crippen LogP contribution in [-0.2, 0) is 10.0 Å². The third kappa shape index (κ3) is 4.71. The molecular weight excluding hydrogens is 434 g/mol. The van der Waals surface area contributed by atoms with Crippen molar-refractivity contribution in [1.82, 2.24) is 4.31 Å². The van der Waals surface area contributed by atoms with Crippen LogP contribution in [0.5, 0.6) is 0 Å². The van der Waals surface area contributed by atoms with E-state index >= 15 is 0 Å². The molecule has 0 bridgehead atoms. The van der Waals surface area contributed by atoms with E-state index in [1.807, 2.05) is 0 Å². The van der Waals surface area contributed by atoms with Crippen molar-refractivity contribution < 1.29 is 22.0 Å². The smallest absolute Gasteiger partial charge is 0.255 e. The first-order valence-electron chi connectivity index (χ1n) is 10.2. The number of nitrogens with one attached hydrogen (secondary N) is 1. The van der Waals surface area contributed by atoms with Gasteiger partial charge in [0.1, 0.15) is 11.6 Å². The monoisotopic (exact) mass is 458 g/mol. The van der Waals surface area contributed by atoms with Crippen molar-refractivity contribution in [2.45, 2.75) is 25.7 Å². The maximum atomic E-state index is 14.6. The lowest BCUT2D eigenvalue weighted by atomic mass is 10.0. The fourth-order valence-electron chi connectivity index (χ4n) is 3.45. The summed E-state index contributed by atoms with van der Waals surface area (Å²) in [5.41, 5.74) is 1.06. The van der Waals surface area contributed by atoms with E-state index in [2.05, 4.69) is 5.32 Å². The van der Waals surface area contributed by atoms with Crippen LogP contribution >= 0.6 is 0 Å². The number of anilines is 1. The zero-order valence-corrected chi connectivity index (χ0v) is 18.8. The number of hydrogen-bond acceptors (Lipinski definition) is 3. The van der Waals surface area contributed by atoms with Gasteiger partial charge in [0.2, 0.25) is 10.0 Å². The molecule has 3 aromatic rings. The summed E-state index contributed by atoms with van der Waals surface area (Å²) in [7, 11) is -3.80. The molecule has 0 fully saturated rings. The zero-order chi connectivity index (χ0) is 23.5. The molecule has 0 aliphatic heterocycles. The van der Waals surface area contributed by atoms with Crippen molar-refractivity contribution in [2.75, 3.05) is 18.4 Å². The molecular formula is C24H24F2N2O3S. The summed E-state index contributed by atoms with van der Waals surface area (Å²) in [6.07, 6.45) is 0. The molecule has 32 heavy (non-hydrogen) atoms. The largest absolute Gasteiger partial charge is 0.319 e. The Morgan fingerprint density at radius 1 is 0.969 bits per heavy atom. The number of sulfonamides is 1. The number of carbonyl (C=O) groups is 1. The average Bonchev–Trinajstić information content (AvgIpc) is 2.76. The number of benzene rings is 3. The van der Waals surface area contributed by atoms with Crippen molar-refractivity contribution in [2.24, 2.45) is 0 Å². The highest BCUT2D eigenvalue weighted by Gasteiger charge is 2.25. The first-order chi connectivity index (χ1) is 15.2. The summed E-state index contributed by atoms with van der Waals surface area (Å²) < 4.78 is 55.8. The van der Waals surface area contributed by atoms with Crippen molar-refractivity contribution in [3.8, 4) is 11.1 Å². The highest BCUT2D eigenvalue weighted by atomic mass is 32.2. The Hall–Kier alpha value is -3.10. The predicted molar refractivity (Wildman–Crippen MR) is 121 cm³/mol. The molecule has 0 heterocycles. The van der Waals surface area contributed by atoms with Gasteiger partial charge in [-0.1, -0.05) is 50.2 Å². The Bertz CT molecular complexity index is 1240. The summed E-state index contributed by atoms with van der Waals surface area (Å²) >= 11 is 0. The summed E-state index contributed by atoms with van der Waals surface area (Å²) in [5.74, 6) is -2.41. The minimum Gasteiger partial charge on any atom is -0.319 e. The summed E-state index contributed by atoms with van der Waals surface area (Å²) in [6.45, 7) is 5.68. The van der Waals surface area contributed by atoms with Crippen LogP contribution in [0.2, 0.25) is 0 Å². The van der Waals surface area contributed by atoms with Crippen LogP contribution < -0.4 is 5.32 Å².